The van der Waals surface area contributed by atoms with Crippen molar-refractivity contribution in [3.63, 3.8) is 0 Å². The summed E-state index contributed by atoms with van der Waals surface area (Å²) in [6.45, 7) is 1.04. The number of rotatable bonds is 18. The number of sulfonamides is 2. The molecule has 0 saturated heterocycles. The smallest absolute Gasteiger partial charge is 0.277 e. The van der Waals surface area contributed by atoms with E-state index in [2.05, 4.69) is 5.32 Å². The maximum Gasteiger partial charge on any atom is 0.277 e. The van der Waals surface area contributed by atoms with Gasteiger partial charge in [-0.2, -0.15) is 3.71 Å². The van der Waals surface area contributed by atoms with Crippen LogP contribution >= 0.6 is 0 Å². The number of nitrogens with one attached hydrogen (secondary N) is 1. The number of benzene rings is 3. The lowest BCUT2D eigenvalue weighted by molar-refractivity contribution is 0.305. The van der Waals surface area contributed by atoms with Crippen molar-refractivity contribution >= 4 is 25.7 Å². The van der Waals surface area contributed by atoms with Crippen molar-refractivity contribution in [1.82, 2.24) is 5.32 Å². The van der Waals surface area contributed by atoms with E-state index in [1.54, 1.807) is 0 Å². The molecule has 0 atom stereocenters. The van der Waals surface area contributed by atoms with Gasteiger partial charge in [0.1, 0.15) is 11.4 Å². The van der Waals surface area contributed by atoms with Gasteiger partial charge in [-0.25, -0.2) is 16.8 Å². The zero-order valence-electron chi connectivity index (χ0n) is 31.9. The Morgan fingerprint density at radius 3 is 1.67 bits per heavy atom. The molecule has 0 bridgehead atoms. The topological polar surface area (TPSA) is 92.8 Å². The molecule has 0 fully saturated rings. The Kier molecular flexibility index (Phi) is 7.72. The van der Waals surface area contributed by atoms with Crippen LogP contribution < -0.4 is 13.8 Å². The molecule has 0 amide bonds. The van der Waals surface area contributed by atoms with Crippen LogP contribution in [0.15, 0.2) is 94.5 Å². The van der Waals surface area contributed by atoms with Crippen molar-refractivity contribution in [2.75, 3.05) is 23.9 Å². The number of hydrogen-bond donors (Lipinski definition) is 1. The molecular weight excluding hydrogens is 532 g/mol. The highest BCUT2D eigenvalue weighted by molar-refractivity contribution is 8.10. The lowest BCUT2D eigenvalue weighted by atomic mass is 10.1. The van der Waals surface area contributed by atoms with E-state index in [1.165, 1.54) is 24.6 Å². The number of unbranched alkanes of at least 4 members (excludes halogenated alkanes) is 8. The summed E-state index contributed by atoms with van der Waals surface area (Å²) in [6.07, 6.45) is 8.93. The Labute approximate surface area is 248 Å². The zero-order valence-corrected chi connectivity index (χ0v) is 23.5. The van der Waals surface area contributed by atoms with Crippen LogP contribution in [0.3, 0.4) is 0 Å². The van der Waals surface area contributed by atoms with Crippen LogP contribution in [0.2, 0.25) is 0 Å². The largest absolute Gasteiger partial charge is 0.491 e. The highest BCUT2D eigenvalue weighted by Gasteiger charge is 2.38. The minimum atomic E-state index is -5.70. The van der Waals surface area contributed by atoms with Crippen LogP contribution in [-0.2, 0) is 20.0 Å². The molecule has 39 heavy (non-hydrogen) atoms. The first-order valence-electron chi connectivity index (χ1n) is 17.8. The SMILES string of the molecule is [2H]c1c([2H])c([2H])c(S(=O)(=O)N(c2ccccc2OCCCCCCCCCCCNC)S(=O)(=O)c2c([2H])c([2H])c([2H])c([2H])c2[2H])c([2H])c1[2H]. The molecule has 0 heterocycles. The summed E-state index contributed by atoms with van der Waals surface area (Å²) in [6, 6.07) is -6.02. The predicted octanol–water partition coefficient (Wildman–Crippen LogP) is 6.38. The lowest BCUT2D eigenvalue weighted by Gasteiger charge is -2.26. The molecule has 0 unspecified atom stereocenters. The summed E-state index contributed by atoms with van der Waals surface area (Å²) in [7, 11) is -9.48. The first-order chi connectivity index (χ1) is 23.0. The van der Waals surface area contributed by atoms with Crippen LogP contribution in [0.1, 0.15) is 71.5 Å². The number of nitrogens with zero attached hydrogens (tertiary/aromatic N) is 1. The third-order valence-corrected chi connectivity index (χ3v) is 9.68. The highest BCUT2D eigenvalue weighted by atomic mass is 32.3. The molecule has 7 nitrogen and oxygen atoms in total. The minimum Gasteiger partial charge on any atom is -0.491 e. The van der Waals surface area contributed by atoms with Gasteiger partial charge in [0, 0.05) is 0 Å². The van der Waals surface area contributed by atoms with Gasteiger partial charge in [-0.3, -0.25) is 0 Å². The van der Waals surface area contributed by atoms with Gasteiger partial charge in [0.2, 0.25) is 0 Å². The van der Waals surface area contributed by atoms with E-state index < -0.39 is 95.9 Å². The Balaban J connectivity index is 2.05. The first-order valence-corrected chi connectivity index (χ1v) is 15.7. The van der Waals surface area contributed by atoms with Crippen molar-refractivity contribution < 1.29 is 35.3 Å². The van der Waals surface area contributed by atoms with Crippen molar-refractivity contribution in [3.05, 3.63) is 84.7 Å². The fourth-order valence-corrected chi connectivity index (χ4v) is 7.19. The van der Waals surface area contributed by atoms with Crippen molar-refractivity contribution in [3.8, 4) is 5.75 Å². The second kappa shape index (κ2) is 15.6. The summed E-state index contributed by atoms with van der Waals surface area (Å²) in [4.78, 5) is -2.79. The van der Waals surface area contributed by atoms with E-state index in [4.69, 9.17) is 18.4 Å². The summed E-state index contributed by atoms with van der Waals surface area (Å²) in [5, 5.41) is 3.13. The molecule has 0 spiro atoms. The monoisotopic (exact) mass is 582 g/mol. The van der Waals surface area contributed by atoms with Gasteiger partial charge in [0.05, 0.1) is 30.1 Å². The molecule has 212 valence electrons. The van der Waals surface area contributed by atoms with Crippen LogP contribution in [-0.4, -0.2) is 37.0 Å². The zero-order chi connectivity index (χ0) is 36.7. The second-order valence-corrected chi connectivity index (χ2v) is 12.4. The third kappa shape index (κ3) is 8.81. The lowest BCUT2D eigenvalue weighted by Crippen LogP contribution is -2.37. The molecule has 0 aliphatic rings. The number of anilines is 1. The van der Waals surface area contributed by atoms with E-state index >= 15 is 0 Å². The van der Waals surface area contributed by atoms with E-state index in [-0.39, 0.29) is 16.1 Å². The Morgan fingerprint density at radius 1 is 0.692 bits per heavy atom. The molecule has 0 aliphatic heterocycles. The van der Waals surface area contributed by atoms with Gasteiger partial charge >= 0.3 is 0 Å². The van der Waals surface area contributed by atoms with Gasteiger partial charge in [-0.05, 0) is 62.7 Å². The average Bonchev–Trinajstić information content (AvgIpc) is 3.05. The van der Waals surface area contributed by atoms with Crippen LogP contribution in [0, 0.1) is 0 Å². The van der Waals surface area contributed by atoms with Gasteiger partial charge in [0.15, 0.2) is 0 Å². The standard InChI is InChI=1S/C30H40N2O5S2/c1-31-25-17-7-5-3-2-4-6-8-18-26-37-30-24-16-15-23-29(30)32(38(33,34)27-19-11-9-12-20-27)39(35,36)28-21-13-10-14-22-28/h9-16,19-24,31H,2-8,17-18,25-26H2,1H3/i9D,10D,11D,12D,13D,14D,19D,20D,21D,22D. The maximum absolute atomic E-state index is 14.4. The summed E-state index contributed by atoms with van der Waals surface area (Å²) in [5.41, 5.74) is -0.681. The number of hydrogen-bond acceptors (Lipinski definition) is 6. The molecule has 0 radical (unpaired) electrons. The van der Waals surface area contributed by atoms with E-state index in [1.807, 2.05) is 7.05 Å². The van der Waals surface area contributed by atoms with E-state index in [9.17, 15) is 16.8 Å². The fourth-order valence-electron chi connectivity index (χ4n) is 3.84. The van der Waals surface area contributed by atoms with Gasteiger partial charge in [-0.15, -0.1) is 0 Å². The Morgan fingerprint density at radius 2 is 1.15 bits per heavy atom. The number of ether oxygens (including phenoxy) is 1. The number of para-hydroxylation sites is 2. The molecule has 3 aromatic carbocycles. The van der Waals surface area contributed by atoms with E-state index in [0.29, 0.717) is 6.42 Å². The van der Waals surface area contributed by atoms with Crippen LogP contribution in [0.25, 0.3) is 0 Å². The van der Waals surface area contributed by atoms with Crippen LogP contribution in [0.5, 0.6) is 5.75 Å². The quantitative estimate of drug-likeness (QED) is 0.175. The second-order valence-electron chi connectivity index (χ2n) is 8.72. The van der Waals surface area contributed by atoms with Crippen molar-refractivity contribution in [2.45, 2.75) is 67.6 Å². The van der Waals surface area contributed by atoms with Gasteiger partial charge in [-0.1, -0.05) is 93.3 Å². The van der Waals surface area contributed by atoms with Gasteiger partial charge in [0.25, 0.3) is 20.0 Å². The summed E-state index contributed by atoms with van der Waals surface area (Å²) < 4.78 is 144. The Hall–Kier alpha value is -2.88. The highest BCUT2D eigenvalue weighted by Crippen LogP contribution is 2.37. The van der Waals surface area contributed by atoms with E-state index in [0.717, 1.165) is 57.6 Å². The molecule has 0 aliphatic carbocycles. The molecule has 0 aromatic heterocycles. The maximum atomic E-state index is 14.4. The summed E-state index contributed by atoms with van der Waals surface area (Å²) >= 11 is 0. The first kappa shape index (κ1) is 19.2. The van der Waals surface area contributed by atoms with Crippen LogP contribution in [0.4, 0.5) is 5.69 Å². The summed E-state index contributed by atoms with van der Waals surface area (Å²) in [5.74, 6) is -0.282. The van der Waals surface area contributed by atoms with Gasteiger partial charge < -0.3 is 10.1 Å². The fraction of sp³-hybridized carbons (Fsp3) is 0.400. The third-order valence-electron chi connectivity index (χ3n) is 5.80. The molecular formula is C30H40N2O5S2. The molecule has 3 rings (SSSR count). The average molecular weight is 583 g/mol. The van der Waals surface area contributed by atoms with Crippen molar-refractivity contribution in [1.29, 1.82) is 0 Å². The Bertz CT molecular complexity index is 1720. The molecule has 1 N–H and O–H groups in total. The molecule has 0 saturated carbocycles. The van der Waals surface area contributed by atoms with Crippen molar-refractivity contribution in [2.24, 2.45) is 0 Å². The molecule has 9 heteroatoms. The predicted molar refractivity (Wildman–Crippen MR) is 157 cm³/mol. The minimum absolute atomic E-state index is 0.0400. The normalized spacial score (nSPS) is 15.4. The molecule has 3 aromatic rings.